The number of imidazole rings is 1. The molecule has 0 atom stereocenters. The van der Waals surface area contributed by atoms with E-state index in [0.717, 1.165) is 12.1 Å². The molecule has 1 amide bonds. The minimum Gasteiger partial charge on any atom is -0.322 e. The number of nitrogens with zero attached hydrogens (tertiary/aromatic N) is 3. The molecule has 30 heavy (non-hydrogen) atoms. The van der Waals surface area contributed by atoms with Crippen molar-refractivity contribution in [3.05, 3.63) is 89.2 Å². The molecule has 3 aromatic carbocycles. The Morgan fingerprint density at radius 1 is 1.10 bits per heavy atom. The van der Waals surface area contributed by atoms with Crippen LogP contribution in [0.4, 0.5) is 18.9 Å². The standard InChI is InChI=1S/C22H13F3N4O/c23-11-20-28-17-6-1-2-7-19(17)29(20)18-9-8-14(10-13(18)12-26)27-22(30)15-4-3-5-16(24)21(15)25/h1-10H,11H2,(H,27,30). The second-order valence-electron chi connectivity index (χ2n) is 6.39. The maximum atomic E-state index is 13.8. The van der Waals surface area contributed by atoms with Crippen molar-refractivity contribution < 1.29 is 18.0 Å². The molecule has 8 heteroatoms. The van der Waals surface area contributed by atoms with Crippen LogP contribution in [0.1, 0.15) is 21.7 Å². The summed E-state index contributed by atoms with van der Waals surface area (Å²) in [7, 11) is 0. The number of benzene rings is 3. The average Bonchev–Trinajstić information content (AvgIpc) is 3.14. The van der Waals surface area contributed by atoms with Gasteiger partial charge in [-0.25, -0.2) is 18.2 Å². The lowest BCUT2D eigenvalue weighted by Gasteiger charge is -2.12. The highest BCUT2D eigenvalue weighted by Gasteiger charge is 2.18. The normalized spacial score (nSPS) is 10.7. The second-order valence-corrected chi connectivity index (χ2v) is 6.39. The van der Waals surface area contributed by atoms with Crippen molar-refractivity contribution in [2.45, 2.75) is 6.67 Å². The molecule has 0 radical (unpaired) electrons. The molecule has 0 spiro atoms. The summed E-state index contributed by atoms with van der Waals surface area (Å²) in [6.45, 7) is -0.836. The summed E-state index contributed by atoms with van der Waals surface area (Å²) in [5.74, 6) is -3.13. The fraction of sp³-hybridized carbons (Fsp3) is 0.0455. The van der Waals surface area contributed by atoms with Gasteiger partial charge in [-0.2, -0.15) is 5.26 Å². The number of anilines is 1. The number of para-hydroxylation sites is 2. The first kappa shape index (κ1) is 19.2. The maximum Gasteiger partial charge on any atom is 0.258 e. The lowest BCUT2D eigenvalue weighted by atomic mass is 10.1. The molecule has 0 fully saturated rings. The highest BCUT2D eigenvalue weighted by Crippen LogP contribution is 2.27. The summed E-state index contributed by atoms with van der Waals surface area (Å²) >= 11 is 0. The van der Waals surface area contributed by atoms with Crippen LogP contribution in [0.15, 0.2) is 60.7 Å². The van der Waals surface area contributed by atoms with Crippen LogP contribution in [0, 0.1) is 23.0 Å². The third kappa shape index (κ3) is 3.26. The second kappa shape index (κ2) is 7.72. The Morgan fingerprint density at radius 3 is 2.67 bits per heavy atom. The lowest BCUT2D eigenvalue weighted by molar-refractivity contribution is 0.102. The number of hydrogen-bond acceptors (Lipinski definition) is 3. The summed E-state index contributed by atoms with van der Waals surface area (Å²) in [5, 5.41) is 12.1. The zero-order valence-electron chi connectivity index (χ0n) is 15.4. The molecule has 1 heterocycles. The molecule has 5 nitrogen and oxygen atoms in total. The maximum absolute atomic E-state index is 13.8. The van der Waals surface area contributed by atoms with E-state index >= 15 is 0 Å². The molecule has 1 N–H and O–H groups in total. The minimum atomic E-state index is -1.26. The molecule has 0 aliphatic rings. The highest BCUT2D eigenvalue weighted by molar-refractivity contribution is 6.04. The summed E-state index contributed by atoms with van der Waals surface area (Å²) in [4.78, 5) is 16.6. The van der Waals surface area contributed by atoms with Crippen molar-refractivity contribution in [3.8, 4) is 11.8 Å². The molecular formula is C22H13F3N4O. The first-order chi connectivity index (χ1) is 14.5. The van der Waals surface area contributed by atoms with Crippen molar-refractivity contribution in [2.75, 3.05) is 5.32 Å². The van der Waals surface area contributed by atoms with Crippen LogP contribution < -0.4 is 5.32 Å². The van der Waals surface area contributed by atoms with Gasteiger partial charge in [0.05, 0.1) is 27.8 Å². The first-order valence-corrected chi connectivity index (χ1v) is 8.85. The summed E-state index contributed by atoms with van der Waals surface area (Å²) in [5.41, 5.74) is 1.47. The van der Waals surface area contributed by atoms with Gasteiger partial charge >= 0.3 is 0 Å². The predicted molar refractivity (Wildman–Crippen MR) is 105 cm³/mol. The number of alkyl halides is 1. The topological polar surface area (TPSA) is 70.7 Å². The largest absolute Gasteiger partial charge is 0.322 e. The molecule has 0 aliphatic carbocycles. The Kier molecular flexibility index (Phi) is 4.94. The van der Waals surface area contributed by atoms with E-state index in [0.29, 0.717) is 16.7 Å². The van der Waals surface area contributed by atoms with E-state index in [9.17, 15) is 23.2 Å². The van der Waals surface area contributed by atoms with Crippen LogP contribution in [0.25, 0.3) is 16.7 Å². The zero-order chi connectivity index (χ0) is 21.3. The number of nitriles is 1. The Hall–Kier alpha value is -4.12. The van der Waals surface area contributed by atoms with Gasteiger partial charge in [-0.1, -0.05) is 18.2 Å². The van der Waals surface area contributed by atoms with Crippen LogP contribution in [0.2, 0.25) is 0 Å². The van der Waals surface area contributed by atoms with Gasteiger partial charge in [-0.3, -0.25) is 9.36 Å². The molecule has 0 saturated heterocycles. The number of amides is 1. The number of rotatable bonds is 4. The van der Waals surface area contributed by atoms with Gasteiger partial charge in [0.25, 0.3) is 5.91 Å². The number of fused-ring (bicyclic) bond motifs is 1. The average molecular weight is 406 g/mol. The fourth-order valence-electron chi connectivity index (χ4n) is 3.21. The van der Waals surface area contributed by atoms with Crippen molar-refractivity contribution in [1.29, 1.82) is 5.26 Å². The number of halogens is 3. The van der Waals surface area contributed by atoms with Gasteiger partial charge in [0.15, 0.2) is 11.6 Å². The Morgan fingerprint density at radius 2 is 1.90 bits per heavy atom. The third-order valence-electron chi connectivity index (χ3n) is 4.56. The summed E-state index contributed by atoms with van der Waals surface area (Å²) < 4.78 is 42.3. The van der Waals surface area contributed by atoms with Crippen LogP contribution in [-0.4, -0.2) is 15.5 Å². The van der Waals surface area contributed by atoms with E-state index in [4.69, 9.17) is 0 Å². The molecule has 0 aliphatic heterocycles. The molecule has 0 saturated carbocycles. The Balaban J connectivity index is 1.74. The van der Waals surface area contributed by atoms with Crippen LogP contribution in [0.5, 0.6) is 0 Å². The fourth-order valence-corrected chi connectivity index (χ4v) is 3.21. The van der Waals surface area contributed by atoms with Crippen molar-refractivity contribution in [2.24, 2.45) is 0 Å². The van der Waals surface area contributed by atoms with E-state index in [1.165, 1.54) is 28.8 Å². The molecular weight excluding hydrogens is 393 g/mol. The lowest BCUT2D eigenvalue weighted by Crippen LogP contribution is -2.15. The van der Waals surface area contributed by atoms with E-state index in [2.05, 4.69) is 10.3 Å². The number of aromatic nitrogens is 2. The molecule has 0 bridgehead atoms. The number of carbonyl (C=O) groups is 1. The Bertz CT molecular complexity index is 1320. The van der Waals surface area contributed by atoms with E-state index in [1.54, 1.807) is 24.3 Å². The Labute approximate surface area is 169 Å². The van der Waals surface area contributed by atoms with E-state index in [1.807, 2.05) is 6.07 Å². The molecule has 148 valence electrons. The van der Waals surface area contributed by atoms with Crippen molar-refractivity contribution >= 4 is 22.6 Å². The first-order valence-electron chi connectivity index (χ1n) is 8.85. The van der Waals surface area contributed by atoms with Crippen LogP contribution in [0.3, 0.4) is 0 Å². The van der Waals surface area contributed by atoms with Gasteiger partial charge in [0, 0.05) is 5.69 Å². The van der Waals surface area contributed by atoms with Gasteiger partial charge < -0.3 is 5.32 Å². The third-order valence-corrected chi connectivity index (χ3v) is 4.56. The number of carbonyl (C=O) groups excluding carboxylic acids is 1. The SMILES string of the molecule is N#Cc1cc(NC(=O)c2cccc(F)c2F)ccc1-n1c(CF)nc2ccccc21. The predicted octanol–water partition coefficient (Wildman–Crippen LogP) is 4.90. The van der Waals surface area contributed by atoms with Gasteiger partial charge in [0.1, 0.15) is 18.6 Å². The van der Waals surface area contributed by atoms with Crippen LogP contribution >= 0.6 is 0 Å². The van der Waals surface area contributed by atoms with Gasteiger partial charge in [-0.05, 0) is 42.5 Å². The molecule has 4 rings (SSSR count). The van der Waals surface area contributed by atoms with Crippen LogP contribution in [-0.2, 0) is 6.67 Å². The summed E-state index contributed by atoms with van der Waals surface area (Å²) in [6, 6.07) is 16.7. The number of hydrogen-bond donors (Lipinski definition) is 1. The van der Waals surface area contributed by atoms with Crippen molar-refractivity contribution in [3.63, 3.8) is 0 Å². The summed E-state index contributed by atoms with van der Waals surface area (Å²) in [6.07, 6.45) is 0. The van der Waals surface area contributed by atoms with Gasteiger partial charge in [0.2, 0.25) is 0 Å². The number of nitrogens with one attached hydrogen (secondary N) is 1. The molecule has 1 aromatic heterocycles. The van der Waals surface area contributed by atoms with E-state index in [-0.39, 0.29) is 17.1 Å². The molecule has 0 unspecified atom stereocenters. The zero-order valence-corrected chi connectivity index (χ0v) is 15.4. The quantitative estimate of drug-likeness (QED) is 0.524. The smallest absolute Gasteiger partial charge is 0.258 e. The minimum absolute atomic E-state index is 0.131. The van der Waals surface area contributed by atoms with Gasteiger partial charge in [-0.15, -0.1) is 0 Å². The highest BCUT2D eigenvalue weighted by atomic mass is 19.2. The van der Waals surface area contributed by atoms with Crippen molar-refractivity contribution in [1.82, 2.24) is 9.55 Å². The monoisotopic (exact) mass is 406 g/mol. The molecule has 4 aromatic rings. The van der Waals surface area contributed by atoms with E-state index < -0.39 is 29.8 Å².